The van der Waals surface area contributed by atoms with Gasteiger partial charge in [0.1, 0.15) is 0 Å². The van der Waals surface area contributed by atoms with Crippen molar-refractivity contribution in [3.8, 4) is 0 Å². The lowest BCUT2D eigenvalue weighted by Gasteiger charge is -2.24. The highest BCUT2D eigenvalue weighted by Gasteiger charge is 2.32. The fourth-order valence-electron chi connectivity index (χ4n) is 2.17. The molecule has 0 unspecified atom stereocenters. The number of hydrogen-bond donors (Lipinski definition) is 3. The lowest BCUT2D eigenvalue weighted by atomic mass is 9.82. The van der Waals surface area contributed by atoms with Crippen molar-refractivity contribution in [1.29, 1.82) is 0 Å². The van der Waals surface area contributed by atoms with Crippen molar-refractivity contribution < 1.29 is 19.8 Å². The van der Waals surface area contributed by atoms with E-state index in [9.17, 15) is 19.8 Å². The van der Waals surface area contributed by atoms with Gasteiger partial charge in [-0.1, -0.05) is 24.3 Å². The molecule has 1 heterocycles. The van der Waals surface area contributed by atoms with Gasteiger partial charge in [0.2, 0.25) is 0 Å². The fourth-order valence-corrected chi connectivity index (χ4v) is 2.17. The normalized spacial score (nSPS) is 15.2. The molecule has 0 saturated carbocycles. The van der Waals surface area contributed by atoms with Crippen LogP contribution < -0.4 is 5.32 Å². The number of hydrogen-bond acceptors (Lipinski definition) is 3. The molecule has 5 heteroatoms. The standard InChI is InChI=1S/C14H13NO4/c1-8-4-2-3-5-9(8)12-10(13(16)17)6-15-7-11(12)14(18)19/h2-7,12,15H,1H3,(H,16,17)(H,18,19). The minimum absolute atomic E-state index is 0.0224. The van der Waals surface area contributed by atoms with Gasteiger partial charge >= 0.3 is 11.9 Å². The number of carboxylic acids is 2. The monoisotopic (exact) mass is 259 g/mol. The van der Waals surface area contributed by atoms with Gasteiger partial charge in [-0.05, 0) is 18.1 Å². The predicted molar refractivity (Wildman–Crippen MR) is 68.5 cm³/mol. The Morgan fingerprint density at radius 3 is 2.05 bits per heavy atom. The van der Waals surface area contributed by atoms with Crippen molar-refractivity contribution in [2.24, 2.45) is 0 Å². The van der Waals surface area contributed by atoms with E-state index in [-0.39, 0.29) is 11.1 Å². The SMILES string of the molecule is Cc1ccccc1C1C(C(=O)O)=CNC=C1C(=O)O. The van der Waals surface area contributed by atoms with Gasteiger partial charge in [-0.2, -0.15) is 0 Å². The summed E-state index contributed by atoms with van der Waals surface area (Å²) in [7, 11) is 0. The average molecular weight is 259 g/mol. The van der Waals surface area contributed by atoms with E-state index in [0.717, 1.165) is 5.56 Å². The molecule has 0 aliphatic carbocycles. The van der Waals surface area contributed by atoms with E-state index in [1.165, 1.54) is 12.4 Å². The van der Waals surface area contributed by atoms with Crippen LogP contribution in [0, 0.1) is 6.92 Å². The van der Waals surface area contributed by atoms with Crippen LogP contribution in [0.25, 0.3) is 0 Å². The van der Waals surface area contributed by atoms with Crippen LogP contribution in [0.3, 0.4) is 0 Å². The first kappa shape index (κ1) is 12.9. The number of aliphatic carboxylic acids is 2. The van der Waals surface area contributed by atoms with E-state index in [0.29, 0.717) is 5.56 Å². The molecule has 0 atom stereocenters. The van der Waals surface area contributed by atoms with E-state index in [1.807, 2.05) is 19.1 Å². The maximum Gasteiger partial charge on any atom is 0.334 e. The molecule has 0 radical (unpaired) electrons. The Morgan fingerprint density at radius 2 is 1.58 bits per heavy atom. The number of carbonyl (C=O) groups is 2. The van der Waals surface area contributed by atoms with Crippen molar-refractivity contribution in [1.82, 2.24) is 5.32 Å². The first-order chi connectivity index (χ1) is 9.02. The third kappa shape index (κ3) is 2.35. The summed E-state index contributed by atoms with van der Waals surface area (Å²) in [6.07, 6.45) is 2.65. The molecule has 3 N–H and O–H groups in total. The first-order valence-electron chi connectivity index (χ1n) is 5.70. The maximum atomic E-state index is 11.3. The Balaban J connectivity index is 2.58. The maximum absolute atomic E-state index is 11.3. The molecule has 0 saturated heterocycles. The summed E-state index contributed by atoms with van der Waals surface area (Å²) in [5, 5.41) is 21.0. The third-order valence-electron chi connectivity index (χ3n) is 3.09. The smallest absolute Gasteiger partial charge is 0.334 e. The molecule has 1 aliphatic heterocycles. The molecular weight excluding hydrogens is 246 g/mol. The lowest BCUT2D eigenvalue weighted by Crippen LogP contribution is -2.25. The van der Waals surface area contributed by atoms with E-state index in [1.54, 1.807) is 12.1 Å². The molecule has 1 aromatic carbocycles. The summed E-state index contributed by atoms with van der Waals surface area (Å²) in [5.74, 6) is -3.03. The molecule has 0 bridgehead atoms. The summed E-state index contributed by atoms with van der Waals surface area (Å²) in [5.41, 5.74) is 1.59. The zero-order chi connectivity index (χ0) is 14.0. The molecule has 0 aromatic heterocycles. The molecule has 98 valence electrons. The molecular formula is C14H13NO4. The molecule has 19 heavy (non-hydrogen) atoms. The van der Waals surface area contributed by atoms with Crippen molar-refractivity contribution in [3.63, 3.8) is 0 Å². The van der Waals surface area contributed by atoms with Crippen LogP contribution >= 0.6 is 0 Å². The summed E-state index contributed by atoms with van der Waals surface area (Å²) >= 11 is 0. The quantitative estimate of drug-likeness (QED) is 0.767. The van der Waals surface area contributed by atoms with Gasteiger partial charge in [0.25, 0.3) is 0 Å². The number of aryl methyl sites for hydroxylation is 1. The number of dihydropyridines is 1. The first-order valence-corrected chi connectivity index (χ1v) is 5.70. The molecule has 0 amide bonds. The van der Waals surface area contributed by atoms with Crippen LogP contribution in [0.1, 0.15) is 17.0 Å². The van der Waals surface area contributed by atoms with Crippen LogP contribution in [-0.2, 0) is 9.59 Å². The minimum Gasteiger partial charge on any atom is -0.478 e. The highest BCUT2D eigenvalue weighted by Crippen LogP contribution is 2.35. The topological polar surface area (TPSA) is 86.6 Å². The number of benzene rings is 1. The summed E-state index contributed by atoms with van der Waals surface area (Å²) in [4.78, 5) is 22.6. The van der Waals surface area contributed by atoms with E-state index < -0.39 is 17.9 Å². The van der Waals surface area contributed by atoms with Crippen LogP contribution in [0.4, 0.5) is 0 Å². The van der Waals surface area contributed by atoms with Crippen molar-refractivity contribution in [3.05, 3.63) is 58.9 Å². The molecule has 0 fully saturated rings. The summed E-state index contributed by atoms with van der Waals surface area (Å²) in [6, 6.07) is 7.17. The minimum atomic E-state index is -1.13. The van der Waals surface area contributed by atoms with Crippen LogP contribution in [-0.4, -0.2) is 22.2 Å². The van der Waals surface area contributed by atoms with Crippen molar-refractivity contribution in [2.75, 3.05) is 0 Å². The number of rotatable bonds is 3. The summed E-state index contributed by atoms with van der Waals surface area (Å²) in [6.45, 7) is 1.83. The van der Waals surface area contributed by atoms with Crippen LogP contribution in [0.15, 0.2) is 47.8 Å². The van der Waals surface area contributed by atoms with Crippen molar-refractivity contribution >= 4 is 11.9 Å². The Kier molecular flexibility index (Phi) is 3.37. The molecule has 5 nitrogen and oxygen atoms in total. The van der Waals surface area contributed by atoms with Gasteiger partial charge in [0.15, 0.2) is 0 Å². The molecule has 1 aliphatic rings. The van der Waals surface area contributed by atoms with Crippen molar-refractivity contribution in [2.45, 2.75) is 12.8 Å². The Bertz CT molecular complexity index is 571. The van der Waals surface area contributed by atoms with Crippen LogP contribution in [0.2, 0.25) is 0 Å². The van der Waals surface area contributed by atoms with Gasteiger partial charge in [-0.25, -0.2) is 9.59 Å². The average Bonchev–Trinajstić information content (AvgIpc) is 2.38. The van der Waals surface area contributed by atoms with E-state index >= 15 is 0 Å². The van der Waals surface area contributed by atoms with Gasteiger partial charge in [0.05, 0.1) is 17.1 Å². The highest BCUT2D eigenvalue weighted by molar-refractivity contribution is 5.97. The number of carboxylic acid groups (broad SMARTS) is 2. The van der Waals surface area contributed by atoms with Gasteiger partial charge in [-0.3, -0.25) is 0 Å². The van der Waals surface area contributed by atoms with Gasteiger partial charge < -0.3 is 15.5 Å². The highest BCUT2D eigenvalue weighted by atomic mass is 16.4. The summed E-state index contributed by atoms with van der Waals surface area (Å²) < 4.78 is 0. The Morgan fingerprint density at radius 1 is 1.05 bits per heavy atom. The third-order valence-corrected chi connectivity index (χ3v) is 3.09. The van der Waals surface area contributed by atoms with Crippen LogP contribution in [0.5, 0.6) is 0 Å². The fraction of sp³-hybridized carbons (Fsp3) is 0.143. The van der Waals surface area contributed by atoms with Gasteiger partial charge in [0, 0.05) is 12.4 Å². The second kappa shape index (κ2) is 4.97. The zero-order valence-corrected chi connectivity index (χ0v) is 10.3. The Hall–Kier alpha value is -2.56. The second-order valence-electron chi connectivity index (χ2n) is 4.27. The Labute approximate surface area is 109 Å². The lowest BCUT2D eigenvalue weighted by molar-refractivity contribution is -0.133. The van der Waals surface area contributed by atoms with E-state index in [2.05, 4.69) is 5.32 Å². The molecule has 0 spiro atoms. The van der Waals surface area contributed by atoms with E-state index in [4.69, 9.17) is 0 Å². The zero-order valence-electron chi connectivity index (χ0n) is 10.3. The number of nitrogens with one attached hydrogen (secondary N) is 1. The predicted octanol–water partition coefficient (Wildman–Crippen LogP) is 1.62. The second-order valence-corrected chi connectivity index (χ2v) is 4.27. The molecule has 1 aromatic rings. The largest absolute Gasteiger partial charge is 0.478 e. The molecule has 2 rings (SSSR count). The van der Waals surface area contributed by atoms with Gasteiger partial charge in [-0.15, -0.1) is 0 Å².